The summed E-state index contributed by atoms with van der Waals surface area (Å²) in [5.41, 5.74) is 1.77. The highest BCUT2D eigenvalue weighted by molar-refractivity contribution is 8.04. The zero-order chi connectivity index (χ0) is 16.1. The number of hydrogen-bond acceptors (Lipinski definition) is 5. The Bertz CT molecular complexity index is 625. The Morgan fingerprint density at radius 3 is 2.68 bits per heavy atom. The van der Waals surface area contributed by atoms with E-state index >= 15 is 0 Å². The van der Waals surface area contributed by atoms with Crippen LogP contribution in [0.5, 0.6) is 0 Å². The van der Waals surface area contributed by atoms with Crippen molar-refractivity contribution in [1.82, 2.24) is 5.32 Å². The molecule has 0 aliphatic carbocycles. The smallest absolute Gasteiger partial charge is 0.307 e. The molecule has 1 heterocycles. The van der Waals surface area contributed by atoms with Crippen molar-refractivity contribution < 1.29 is 19.1 Å². The number of rotatable bonds is 4. The normalized spacial score (nSPS) is 18.9. The number of hydrogen-bond donors (Lipinski definition) is 2. The summed E-state index contributed by atoms with van der Waals surface area (Å²) in [6.07, 6.45) is 1.28. The number of aryl methyl sites for hydroxylation is 1. The number of amides is 2. The number of thioether (sulfide) groups is 1. The second kappa shape index (κ2) is 7.13. The van der Waals surface area contributed by atoms with Gasteiger partial charge < -0.3 is 15.4 Å². The van der Waals surface area contributed by atoms with Gasteiger partial charge in [0.25, 0.3) is 5.91 Å². The predicted octanol–water partition coefficient (Wildman–Crippen LogP) is 1.57. The number of carbonyl (C=O) groups excluding carboxylic acids is 3. The molecule has 1 fully saturated rings. The van der Waals surface area contributed by atoms with Crippen molar-refractivity contribution in [2.75, 3.05) is 12.4 Å². The maximum atomic E-state index is 11.9. The molecule has 1 atom stereocenters. The molecule has 2 amide bonds. The molecule has 0 bridgehead atoms. The first-order valence-corrected chi connectivity index (χ1v) is 7.49. The van der Waals surface area contributed by atoms with E-state index in [0.717, 1.165) is 17.3 Å². The van der Waals surface area contributed by atoms with Gasteiger partial charge in [-0.05, 0) is 19.1 Å². The van der Waals surface area contributed by atoms with E-state index in [0.29, 0.717) is 10.7 Å². The van der Waals surface area contributed by atoms with Crippen LogP contribution < -0.4 is 10.6 Å². The molecule has 0 saturated carbocycles. The molecule has 1 saturated heterocycles. The molecule has 1 aromatic carbocycles. The summed E-state index contributed by atoms with van der Waals surface area (Å²) in [5, 5.41) is 5.14. The third kappa shape index (κ3) is 4.36. The first kappa shape index (κ1) is 16.1. The number of methoxy groups -OCH3 is 1. The van der Waals surface area contributed by atoms with Crippen LogP contribution >= 0.6 is 11.8 Å². The molecule has 0 unspecified atom stereocenters. The van der Waals surface area contributed by atoms with Crippen molar-refractivity contribution in [3.63, 3.8) is 0 Å². The molecular formula is C15H16N2O4S. The first-order chi connectivity index (χ1) is 10.5. The average molecular weight is 320 g/mol. The van der Waals surface area contributed by atoms with Crippen molar-refractivity contribution in [2.45, 2.75) is 18.6 Å². The van der Waals surface area contributed by atoms with Crippen LogP contribution in [0.3, 0.4) is 0 Å². The van der Waals surface area contributed by atoms with Gasteiger partial charge in [-0.1, -0.05) is 29.5 Å². The van der Waals surface area contributed by atoms with E-state index in [1.54, 1.807) is 12.1 Å². The Labute approximate surface area is 132 Å². The van der Waals surface area contributed by atoms with Crippen LogP contribution in [0.25, 0.3) is 0 Å². The fraction of sp³-hybridized carbons (Fsp3) is 0.267. The number of esters is 1. The summed E-state index contributed by atoms with van der Waals surface area (Å²) < 4.78 is 4.53. The van der Waals surface area contributed by atoms with Crippen LogP contribution in [0.15, 0.2) is 35.4 Å². The Morgan fingerprint density at radius 2 is 2.05 bits per heavy atom. The van der Waals surface area contributed by atoms with Crippen molar-refractivity contribution in [2.24, 2.45) is 0 Å². The summed E-state index contributed by atoms with van der Waals surface area (Å²) in [7, 11) is 1.27. The highest BCUT2D eigenvalue weighted by atomic mass is 32.2. The van der Waals surface area contributed by atoms with E-state index in [9.17, 15) is 14.4 Å². The highest BCUT2D eigenvalue weighted by Crippen LogP contribution is 2.29. The molecule has 2 N–H and O–H groups in total. The molecule has 1 aliphatic rings. The summed E-state index contributed by atoms with van der Waals surface area (Å²) in [6, 6.07) is 7.38. The molecule has 0 spiro atoms. The van der Waals surface area contributed by atoms with Gasteiger partial charge in [0.05, 0.1) is 18.6 Å². The Balaban J connectivity index is 1.95. The van der Waals surface area contributed by atoms with Gasteiger partial charge in [-0.2, -0.15) is 0 Å². The predicted molar refractivity (Wildman–Crippen MR) is 84.0 cm³/mol. The summed E-state index contributed by atoms with van der Waals surface area (Å²) in [5.74, 6) is -1.10. The monoisotopic (exact) mass is 320 g/mol. The van der Waals surface area contributed by atoms with Gasteiger partial charge in [0, 0.05) is 11.8 Å². The Kier molecular flexibility index (Phi) is 5.21. The summed E-state index contributed by atoms with van der Waals surface area (Å²) in [6.45, 7) is 1.96. The van der Waals surface area contributed by atoms with Crippen LogP contribution in [-0.4, -0.2) is 30.1 Å². The number of anilines is 1. The number of benzene rings is 1. The zero-order valence-corrected chi connectivity index (χ0v) is 13.0. The lowest BCUT2D eigenvalue weighted by molar-refractivity contribution is -0.141. The second-order valence-electron chi connectivity index (χ2n) is 4.74. The van der Waals surface area contributed by atoms with Crippen molar-refractivity contribution in [3.8, 4) is 0 Å². The minimum absolute atomic E-state index is 0.0239. The van der Waals surface area contributed by atoms with E-state index in [-0.39, 0.29) is 18.2 Å². The number of carbonyl (C=O) groups is 3. The van der Waals surface area contributed by atoms with E-state index in [1.165, 1.54) is 13.2 Å². The van der Waals surface area contributed by atoms with Crippen LogP contribution in [0, 0.1) is 6.92 Å². The van der Waals surface area contributed by atoms with Gasteiger partial charge in [-0.25, -0.2) is 0 Å². The standard InChI is InChI=1S/C15H16N2O4S/c1-9-3-5-10(6-4-9)16-12(18)8-13-17-15(20)11(22-13)7-14(19)21-2/h3-6,8,11H,7H2,1-2H3,(H,16,18)(H,17,20)/b13-8+/t11-/m1/s1. The minimum atomic E-state index is -0.564. The quantitative estimate of drug-likeness (QED) is 0.650. The first-order valence-electron chi connectivity index (χ1n) is 6.61. The Morgan fingerprint density at radius 1 is 1.36 bits per heavy atom. The van der Waals surface area contributed by atoms with Crippen molar-refractivity contribution in [1.29, 1.82) is 0 Å². The van der Waals surface area contributed by atoms with E-state index < -0.39 is 11.2 Å². The third-order valence-electron chi connectivity index (χ3n) is 2.97. The molecule has 6 nitrogen and oxygen atoms in total. The summed E-state index contributed by atoms with van der Waals surface area (Å²) >= 11 is 1.14. The maximum absolute atomic E-state index is 11.9. The largest absolute Gasteiger partial charge is 0.469 e. The van der Waals surface area contributed by atoms with Crippen molar-refractivity contribution in [3.05, 3.63) is 40.9 Å². The average Bonchev–Trinajstić information content (AvgIpc) is 2.80. The number of nitrogens with one attached hydrogen (secondary N) is 2. The molecular weight excluding hydrogens is 304 g/mol. The van der Waals surface area contributed by atoms with Gasteiger partial charge >= 0.3 is 5.97 Å². The Hall–Kier alpha value is -2.28. The fourth-order valence-corrected chi connectivity index (χ4v) is 2.84. The topological polar surface area (TPSA) is 84.5 Å². The summed E-state index contributed by atoms with van der Waals surface area (Å²) in [4.78, 5) is 34.8. The fourth-order valence-electron chi connectivity index (χ4n) is 1.81. The van der Waals surface area contributed by atoms with Gasteiger partial charge in [0.1, 0.15) is 5.25 Å². The lowest BCUT2D eigenvalue weighted by Crippen LogP contribution is -2.24. The lowest BCUT2D eigenvalue weighted by Gasteiger charge is -2.03. The van der Waals surface area contributed by atoms with Crippen LogP contribution in [-0.2, 0) is 19.1 Å². The molecule has 1 aliphatic heterocycles. The maximum Gasteiger partial charge on any atom is 0.307 e. The van der Waals surface area contributed by atoms with Crippen LogP contribution in [0.1, 0.15) is 12.0 Å². The lowest BCUT2D eigenvalue weighted by atomic mass is 10.2. The molecule has 7 heteroatoms. The molecule has 0 aromatic heterocycles. The van der Waals surface area contributed by atoms with E-state index in [4.69, 9.17) is 0 Å². The minimum Gasteiger partial charge on any atom is -0.469 e. The van der Waals surface area contributed by atoms with Crippen LogP contribution in [0.2, 0.25) is 0 Å². The zero-order valence-electron chi connectivity index (χ0n) is 12.2. The SMILES string of the molecule is COC(=O)C[C@H]1S/C(=C/C(=O)Nc2ccc(C)cc2)NC1=O. The van der Waals surface area contributed by atoms with Gasteiger partial charge in [0.2, 0.25) is 5.91 Å². The molecule has 2 rings (SSSR count). The second-order valence-corrected chi connectivity index (χ2v) is 5.98. The van der Waals surface area contributed by atoms with E-state index in [2.05, 4.69) is 15.4 Å². The van der Waals surface area contributed by atoms with Crippen LogP contribution in [0.4, 0.5) is 5.69 Å². The third-order valence-corrected chi connectivity index (χ3v) is 4.11. The van der Waals surface area contributed by atoms with Gasteiger partial charge in [-0.3, -0.25) is 14.4 Å². The van der Waals surface area contributed by atoms with Crippen molar-refractivity contribution >= 4 is 35.2 Å². The van der Waals surface area contributed by atoms with E-state index in [1.807, 2.05) is 19.1 Å². The number of ether oxygens (including phenoxy) is 1. The molecule has 1 aromatic rings. The van der Waals surface area contributed by atoms with Gasteiger partial charge in [-0.15, -0.1) is 0 Å². The highest BCUT2D eigenvalue weighted by Gasteiger charge is 2.31. The molecule has 116 valence electrons. The molecule has 22 heavy (non-hydrogen) atoms. The molecule has 0 radical (unpaired) electrons. The van der Waals surface area contributed by atoms with Gasteiger partial charge in [0.15, 0.2) is 0 Å².